The Kier molecular flexibility index (Phi) is 3.24. The van der Waals surface area contributed by atoms with Crippen LogP contribution in [-0.4, -0.2) is 34.6 Å². The van der Waals surface area contributed by atoms with E-state index in [9.17, 15) is 9.59 Å². The summed E-state index contributed by atoms with van der Waals surface area (Å²) in [5, 5.41) is 10.8. The minimum Gasteiger partial charge on any atom is -0.480 e. The summed E-state index contributed by atoms with van der Waals surface area (Å²) < 4.78 is 0. The largest absolute Gasteiger partial charge is 0.480 e. The Hall–Kier alpha value is -1.82. The molecule has 1 aromatic rings. The fraction of sp³-hybridized carbons (Fsp3) is 0.250. The van der Waals surface area contributed by atoms with Crippen LogP contribution < -0.4 is 11.1 Å². The van der Waals surface area contributed by atoms with E-state index in [4.69, 9.17) is 10.8 Å². The molecule has 6 nitrogen and oxygen atoms in total. The zero-order valence-corrected chi connectivity index (χ0v) is 7.36. The molecule has 0 saturated heterocycles. The van der Waals surface area contributed by atoms with Gasteiger partial charge < -0.3 is 21.1 Å². The van der Waals surface area contributed by atoms with Crippen LogP contribution in [0.2, 0.25) is 0 Å². The lowest BCUT2D eigenvalue weighted by Gasteiger charge is -2.06. The molecule has 0 saturated carbocycles. The molecule has 0 spiro atoms. The van der Waals surface area contributed by atoms with Crippen molar-refractivity contribution < 1.29 is 14.7 Å². The van der Waals surface area contributed by atoms with Crippen molar-refractivity contribution >= 4 is 11.9 Å². The summed E-state index contributed by atoms with van der Waals surface area (Å²) in [6.45, 7) is -0.0901. The first kappa shape index (κ1) is 10.3. The third kappa shape index (κ3) is 2.60. The summed E-state index contributed by atoms with van der Waals surface area (Å²) in [5.74, 6) is -1.51. The van der Waals surface area contributed by atoms with E-state index in [2.05, 4.69) is 10.3 Å². The van der Waals surface area contributed by atoms with Gasteiger partial charge in [0.25, 0.3) is 5.91 Å². The standard InChI is InChI=1S/C8H11N3O3/c9-5(8(13)14)4-11-7(12)6-2-1-3-10-6/h1-3,5,10H,4,9H2,(H,11,12)(H,13,14)/t5-/m1/s1. The zero-order valence-electron chi connectivity index (χ0n) is 7.36. The number of H-pyrrole nitrogens is 1. The number of rotatable bonds is 4. The lowest BCUT2D eigenvalue weighted by molar-refractivity contribution is -0.138. The molecule has 6 heteroatoms. The van der Waals surface area contributed by atoms with E-state index in [1.54, 1.807) is 18.3 Å². The average Bonchev–Trinajstić information content (AvgIpc) is 2.66. The van der Waals surface area contributed by atoms with Gasteiger partial charge in [-0.2, -0.15) is 0 Å². The summed E-state index contributed by atoms with van der Waals surface area (Å²) in [4.78, 5) is 24.2. The Morgan fingerprint density at radius 3 is 2.86 bits per heavy atom. The zero-order chi connectivity index (χ0) is 10.6. The fourth-order valence-corrected chi connectivity index (χ4v) is 0.857. The molecule has 1 rings (SSSR count). The van der Waals surface area contributed by atoms with Gasteiger partial charge in [0.05, 0.1) is 0 Å². The van der Waals surface area contributed by atoms with E-state index in [-0.39, 0.29) is 12.5 Å². The van der Waals surface area contributed by atoms with E-state index in [1.165, 1.54) is 0 Å². The third-order valence-corrected chi connectivity index (χ3v) is 1.64. The Morgan fingerprint density at radius 1 is 1.64 bits per heavy atom. The van der Waals surface area contributed by atoms with E-state index >= 15 is 0 Å². The lowest BCUT2D eigenvalue weighted by atomic mass is 10.3. The molecule has 1 aromatic heterocycles. The minimum atomic E-state index is -1.14. The Labute approximate surface area is 80.1 Å². The number of carboxylic acids is 1. The van der Waals surface area contributed by atoms with Gasteiger partial charge >= 0.3 is 5.97 Å². The van der Waals surface area contributed by atoms with Gasteiger partial charge in [-0.1, -0.05) is 0 Å². The van der Waals surface area contributed by atoms with Crippen molar-refractivity contribution in [1.29, 1.82) is 0 Å². The monoisotopic (exact) mass is 197 g/mol. The molecule has 5 N–H and O–H groups in total. The van der Waals surface area contributed by atoms with Gasteiger partial charge in [0, 0.05) is 12.7 Å². The van der Waals surface area contributed by atoms with E-state index in [0.717, 1.165) is 0 Å². The van der Waals surface area contributed by atoms with Crippen molar-refractivity contribution in [3.8, 4) is 0 Å². The fourth-order valence-electron chi connectivity index (χ4n) is 0.857. The van der Waals surface area contributed by atoms with Crippen molar-refractivity contribution in [2.45, 2.75) is 6.04 Å². The van der Waals surface area contributed by atoms with Crippen LogP contribution in [0.3, 0.4) is 0 Å². The van der Waals surface area contributed by atoms with Crippen LogP contribution in [0.25, 0.3) is 0 Å². The van der Waals surface area contributed by atoms with E-state index in [1.807, 2.05) is 0 Å². The number of nitrogens with one attached hydrogen (secondary N) is 2. The molecule has 1 amide bonds. The molecular weight excluding hydrogens is 186 g/mol. The summed E-state index contributed by atoms with van der Waals surface area (Å²) >= 11 is 0. The van der Waals surface area contributed by atoms with Crippen molar-refractivity contribution in [2.75, 3.05) is 6.54 Å². The summed E-state index contributed by atoms with van der Waals surface area (Å²) in [6.07, 6.45) is 1.60. The highest BCUT2D eigenvalue weighted by molar-refractivity contribution is 5.92. The van der Waals surface area contributed by atoms with E-state index in [0.29, 0.717) is 5.69 Å². The molecule has 0 radical (unpaired) electrons. The van der Waals surface area contributed by atoms with Crippen molar-refractivity contribution in [1.82, 2.24) is 10.3 Å². The Morgan fingerprint density at radius 2 is 2.36 bits per heavy atom. The predicted octanol–water partition coefficient (Wildman–Crippen LogP) is -0.844. The SMILES string of the molecule is N[C@H](CNC(=O)c1ccc[nH]1)C(=O)O. The number of nitrogens with two attached hydrogens (primary N) is 1. The number of carbonyl (C=O) groups excluding carboxylic acids is 1. The second-order valence-corrected chi connectivity index (χ2v) is 2.74. The molecule has 0 aromatic carbocycles. The van der Waals surface area contributed by atoms with Gasteiger partial charge in [0.1, 0.15) is 11.7 Å². The van der Waals surface area contributed by atoms with Crippen molar-refractivity contribution in [3.63, 3.8) is 0 Å². The molecule has 76 valence electrons. The van der Waals surface area contributed by atoms with Crippen LogP contribution in [0.1, 0.15) is 10.5 Å². The van der Waals surface area contributed by atoms with Crippen LogP contribution in [0.5, 0.6) is 0 Å². The molecule has 0 aliphatic rings. The molecule has 0 aliphatic heterocycles. The third-order valence-electron chi connectivity index (χ3n) is 1.64. The van der Waals surface area contributed by atoms with Crippen molar-refractivity contribution in [3.05, 3.63) is 24.0 Å². The van der Waals surface area contributed by atoms with Crippen LogP contribution in [-0.2, 0) is 4.79 Å². The maximum Gasteiger partial charge on any atom is 0.322 e. The number of hydrogen-bond donors (Lipinski definition) is 4. The number of amides is 1. The number of aliphatic carboxylic acids is 1. The van der Waals surface area contributed by atoms with Crippen LogP contribution in [0.4, 0.5) is 0 Å². The minimum absolute atomic E-state index is 0.0901. The summed E-state index contributed by atoms with van der Waals surface area (Å²) in [6, 6.07) is 2.18. The van der Waals surface area contributed by atoms with Gasteiger partial charge in [-0.05, 0) is 12.1 Å². The molecule has 0 fully saturated rings. The van der Waals surface area contributed by atoms with Crippen LogP contribution in [0.15, 0.2) is 18.3 Å². The summed E-state index contributed by atoms with van der Waals surface area (Å²) in [7, 11) is 0. The number of carbonyl (C=O) groups is 2. The molecule has 14 heavy (non-hydrogen) atoms. The highest BCUT2D eigenvalue weighted by Crippen LogP contribution is 1.93. The Balaban J connectivity index is 2.40. The lowest BCUT2D eigenvalue weighted by Crippen LogP contribution is -2.42. The maximum absolute atomic E-state index is 11.2. The quantitative estimate of drug-likeness (QED) is 0.504. The van der Waals surface area contributed by atoms with Gasteiger partial charge in [-0.3, -0.25) is 9.59 Å². The van der Waals surface area contributed by atoms with Crippen LogP contribution in [0, 0.1) is 0 Å². The molecule has 0 bridgehead atoms. The molecule has 1 atom stereocenters. The molecule has 0 unspecified atom stereocenters. The molecule has 1 heterocycles. The van der Waals surface area contributed by atoms with Gasteiger partial charge in [0.15, 0.2) is 0 Å². The second-order valence-electron chi connectivity index (χ2n) is 2.74. The van der Waals surface area contributed by atoms with Gasteiger partial charge in [0.2, 0.25) is 0 Å². The van der Waals surface area contributed by atoms with Gasteiger partial charge in [-0.25, -0.2) is 0 Å². The maximum atomic E-state index is 11.2. The van der Waals surface area contributed by atoms with Crippen LogP contribution >= 0.6 is 0 Å². The normalized spacial score (nSPS) is 12.1. The van der Waals surface area contributed by atoms with E-state index < -0.39 is 12.0 Å². The highest BCUT2D eigenvalue weighted by atomic mass is 16.4. The highest BCUT2D eigenvalue weighted by Gasteiger charge is 2.13. The smallest absolute Gasteiger partial charge is 0.322 e. The first-order valence-electron chi connectivity index (χ1n) is 4.01. The molecular formula is C8H11N3O3. The van der Waals surface area contributed by atoms with Gasteiger partial charge in [-0.15, -0.1) is 0 Å². The van der Waals surface area contributed by atoms with Crippen molar-refractivity contribution in [2.24, 2.45) is 5.73 Å². The second kappa shape index (κ2) is 4.43. The first-order chi connectivity index (χ1) is 6.61. The number of aromatic nitrogens is 1. The number of hydrogen-bond acceptors (Lipinski definition) is 3. The first-order valence-corrected chi connectivity index (χ1v) is 4.01. The predicted molar refractivity (Wildman–Crippen MR) is 48.7 cm³/mol. The topological polar surface area (TPSA) is 108 Å². The average molecular weight is 197 g/mol. The molecule has 0 aliphatic carbocycles. The number of carboxylic acid groups (broad SMARTS) is 1. The number of aromatic amines is 1. The Bertz CT molecular complexity index is 321. The summed E-state index contributed by atoms with van der Waals surface area (Å²) in [5.41, 5.74) is 5.57.